The summed E-state index contributed by atoms with van der Waals surface area (Å²) in [7, 11) is 0. The van der Waals surface area contributed by atoms with Crippen LogP contribution in [0, 0.1) is 0 Å². The molecule has 3 nitrogen and oxygen atoms in total. The van der Waals surface area contributed by atoms with E-state index in [-0.39, 0.29) is 11.6 Å². The van der Waals surface area contributed by atoms with Gasteiger partial charge < -0.3 is 10.6 Å². The minimum Gasteiger partial charge on any atom is -0.335 e. The molecular formula is C10H18N2O. The Bertz CT molecular complexity index is 201. The summed E-state index contributed by atoms with van der Waals surface area (Å²) in [4.78, 5) is 11.4. The second kappa shape index (κ2) is 3.20. The van der Waals surface area contributed by atoms with Crippen molar-refractivity contribution in [3.05, 3.63) is 0 Å². The molecule has 0 spiro atoms. The first-order chi connectivity index (χ1) is 6.24. The third-order valence-corrected chi connectivity index (χ3v) is 3.28. The Morgan fingerprint density at radius 3 is 2.54 bits per heavy atom. The molecule has 3 heteroatoms. The van der Waals surface area contributed by atoms with Crippen molar-refractivity contribution in [3.63, 3.8) is 0 Å². The van der Waals surface area contributed by atoms with Crippen LogP contribution in [0.5, 0.6) is 0 Å². The largest absolute Gasteiger partial charge is 0.335 e. The first-order valence-electron chi connectivity index (χ1n) is 5.33. The predicted molar refractivity (Wildman–Crippen MR) is 51.6 cm³/mol. The van der Waals surface area contributed by atoms with E-state index in [9.17, 15) is 4.79 Å². The molecule has 0 aliphatic heterocycles. The zero-order chi connectivity index (χ0) is 9.31. The Morgan fingerprint density at radius 2 is 2.15 bits per heavy atom. The van der Waals surface area contributed by atoms with Gasteiger partial charge in [0.25, 0.3) is 0 Å². The summed E-state index contributed by atoms with van der Waals surface area (Å²) < 4.78 is 0. The molecule has 0 radical (unpaired) electrons. The molecule has 2 N–H and O–H groups in total. The van der Waals surface area contributed by atoms with Crippen LogP contribution in [0.3, 0.4) is 0 Å². The van der Waals surface area contributed by atoms with Gasteiger partial charge in [-0.05, 0) is 38.5 Å². The van der Waals surface area contributed by atoms with E-state index < -0.39 is 0 Å². The van der Waals surface area contributed by atoms with Crippen LogP contribution in [0.4, 0.5) is 4.79 Å². The van der Waals surface area contributed by atoms with Crippen molar-refractivity contribution in [2.75, 3.05) is 0 Å². The van der Waals surface area contributed by atoms with Crippen LogP contribution >= 0.6 is 0 Å². The molecule has 13 heavy (non-hydrogen) atoms. The van der Waals surface area contributed by atoms with Crippen LogP contribution in [0.25, 0.3) is 0 Å². The van der Waals surface area contributed by atoms with E-state index in [4.69, 9.17) is 0 Å². The molecule has 0 bridgehead atoms. The molecule has 2 aliphatic carbocycles. The van der Waals surface area contributed by atoms with E-state index in [1.165, 1.54) is 6.42 Å². The monoisotopic (exact) mass is 182 g/mol. The number of rotatable bonds is 3. The van der Waals surface area contributed by atoms with Gasteiger partial charge in [-0.2, -0.15) is 0 Å². The Labute approximate surface area is 79.3 Å². The smallest absolute Gasteiger partial charge is 0.315 e. The average molecular weight is 182 g/mol. The second-order valence-corrected chi connectivity index (χ2v) is 4.36. The quantitative estimate of drug-likeness (QED) is 0.686. The van der Waals surface area contributed by atoms with Crippen LogP contribution in [-0.4, -0.2) is 17.6 Å². The van der Waals surface area contributed by atoms with E-state index in [1.807, 2.05) is 0 Å². The summed E-state index contributed by atoms with van der Waals surface area (Å²) in [5.41, 5.74) is 0.138. The van der Waals surface area contributed by atoms with Crippen LogP contribution < -0.4 is 10.6 Å². The average Bonchev–Trinajstić information content (AvgIpc) is 2.80. The first kappa shape index (κ1) is 8.85. The number of carbonyl (C=O) groups is 1. The maximum atomic E-state index is 11.4. The van der Waals surface area contributed by atoms with Crippen molar-refractivity contribution in [1.82, 2.24) is 10.6 Å². The van der Waals surface area contributed by atoms with Gasteiger partial charge in [0.15, 0.2) is 0 Å². The molecule has 0 aromatic heterocycles. The highest BCUT2D eigenvalue weighted by molar-refractivity contribution is 5.75. The van der Waals surface area contributed by atoms with Crippen LogP contribution in [0.1, 0.15) is 45.4 Å². The number of urea groups is 1. The number of nitrogens with one attached hydrogen (secondary N) is 2. The van der Waals surface area contributed by atoms with E-state index in [2.05, 4.69) is 17.6 Å². The highest BCUT2D eigenvalue weighted by Gasteiger charge is 2.37. The topological polar surface area (TPSA) is 41.1 Å². The molecule has 0 aromatic rings. The van der Waals surface area contributed by atoms with Crippen LogP contribution in [0.2, 0.25) is 0 Å². The molecule has 2 rings (SSSR count). The summed E-state index contributed by atoms with van der Waals surface area (Å²) in [5, 5.41) is 6.06. The number of amides is 2. The third-order valence-electron chi connectivity index (χ3n) is 3.28. The first-order valence-corrected chi connectivity index (χ1v) is 5.33. The lowest BCUT2D eigenvalue weighted by Gasteiger charge is -2.41. The van der Waals surface area contributed by atoms with Crippen LogP contribution in [-0.2, 0) is 0 Å². The van der Waals surface area contributed by atoms with Gasteiger partial charge in [0.1, 0.15) is 0 Å². The van der Waals surface area contributed by atoms with Crippen molar-refractivity contribution in [2.45, 2.75) is 57.0 Å². The lowest BCUT2D eigenvalue weighted by Crippen LogP contribution is -2.56. The van der Waals surface area contributed by atoms with Gasteiger partial charge in [-0.25, -0.2) is 4.79 Å². The highest BCUT2D eigenvalue weighted by Crippen LogP contribution is 2.34. The van der Waals surface area contributed by atoms with E-state index >= 15 is 0 Å². The van der Waals surface area contributed by atoms with Crippen molar-refractivity contribution in [2.24, 2.45) is 0 Å². The Hall–Kier alpha value is -0.730. The molecule has 2 saturated carbocycles. The third kappa shape index (κ3) is 1.95. The van der Waals surface area contributed by atoms with Crippen molar-refractivity contribution in [3.8, 4) is 0 Å². The van der Waals surface area contributed by atoms with Gasteiger partial charge in [-0.15, -0.1) is 0 Å². The minimum atomic E-state index is 0.0454. The molecule has 2 fully saturated rings. The Balaban J connectivity index is 1.77. The second-order valence-electron chi connectivity index (χ2n) is 4.36. The van der Waals surface area contributed by atoms with Gasteiger partial charge in [0, 0.05) is 11.6 Å². The fourth-order valence-corrected chi connectivity index (χ4v) is 1.86. The Kier molecular flexibility index (Phi) is 2.18. The fraction of sp³-hybridized carbons (Fsp3) is 0.900. The van der Waals surface area contributed by atoms with Crippen LogP contribution in [0.15, 0.2) is 0 Å². The van der Waals surface area contributed by atoms with Gasteiger partial charge in [-0.1, -0.05) is 6.92 Å². The van der Waals surface area contributed by atoms with Crippen molar-refractivity contribution >= 4 is 6.03 Å². The molecule has 74 valence electrons. The maximum absolute atomic E-state index is 11.4. The van der Waals surface area contributed by atoms with E-state index in [1.54, 1.807) is 0 Å². The van der Waals surface area contributed by atoms with E-state index in [0.717, 1.165) is 32.1 Å². The standard InChI is InChI=1S/C10H18N2O/c1-2-10(6-3-7-10)12-9(13)11-8-4-5-8/h8H,2-7H2,1H3,(H2,11,12,13). The number of carbonyl (C=O) groups excluding carboxylic acids is 1. The molecule has 0 heterocycles. The summed E-state index contributed by atoms with van der Waals surface area (Å²) in [6, 6.07) is 0.512. The predicted octanol–water partition coefficient (Wildman–Crippen LogP) is 1.78. The van der Waals surface area contributed by atoms with Gasteiger partial charge in [-0.3, -0.25) is 0 Å². The molecule has 2 aliphatic rings. The fourth-order valence-electron chi connectivity index (χ4n) is 1.86. The lowest BCUT2D eigenvalue weighted by molar-refractivity contribution is 0.172. The Morgan fingerprint density at radius 1 is 1.46 bits per heavy atom. The van der Waals surface area contributed by atoms with Crippen molar-refractivity contribution in [1.29, 1.82) is 0 Å². The summed E-state index contributed by atoms with van der Waals surface area (Å²) in [6.07, 6.45) is 6.95. The molecular weight excluding hydrogens is 164 g/mol. The van der Waals surface area contributed by atoms with Gasteiger partial charge >= 0.3 is 6.03 Å². The SMILES string of the molecule is CCC1(NC(=O)NC2CC2)CCC1. The lowest BCUT2D eigenvalue weighted by atomic mass is 9.75. The zero-order valence-corrected chi connectivity index (χ0v) is 8.23. The summed E-state index contributed by atoms with van der Waals surface area (Å²) in [5.74, 6) is 0. The molecule has 2 amide bonds. The zero-order valence-electron chi connectivity index (χ0n) is 8.23. The van der Waals surface area contributed by atoms with Crippen molar-refractivity contribution < 1.29 is 4.79 Å². The summed E-state index contributed by atoms with van der Waals surface area (Å²) in [6.45, 7) is 2.15. The molecule has 0 unspecified atom stereocenters. The maximum Gasteiger partial charge on any atom is 0.315 e. The minimum absolute atomic E-state index is 0.0454. The molecule has 0 aromatic carbocycles. The number of hydrogen-bond acceptors (Lipinski definition) is 1. The summed E-state index contributed by atoms with van der Waals surface area (Å²) >= 11 is 0. The van der Waals surface area contributed by atoms with Gasteiger partial charge in [0.2, 0.25) is 0 Å². The highest BCUT2D eigenvalue weighted by atomic mass is 16.2. The molecule has 0 atom stereocenters. The number of hydrogen-bond donors (Lipinski definition) is 2. The van der Waals surface area contributed by atoms with E-state index in [0.29, 0.717) is 6.04 Å². The van der Waals surface area contributed by atoms with Gasteiger partial charge in [0.05, 0.1) is 0 Å². The molecule has 0 saturated heterocycles. The normalized spacial score (nSPS) is 24.7.